The van der Waals surface area contributed by atoms with E-state index in [0.29, 0.717) is 37.4 Å². The van der Waals surface area contributed by atoms with Gasteiger partial charge in [0.15, 0.2) is 0 Å². The first-order chi connectivity index (χ1) is 13.8. The van der Waals surface area contributed by atoms with Crippen LogP contribution in [0.25, 0.3) is 11.0 Å². The third kappa shape index (κ3) is 4.95. The van der Waals surface area contributed by atoms with Gasteiger partial charge in [-0.25, -0.2) is 13.1 Å². The number of aryl methyl sites for hydroxylation is 1. The number of nitrogens with one attached hydrogen (secondary N) is 1. The summed E-state index contributed by atoms with van der Waals surface area (Å²) in [5.41, 5.74) is 1.39. The molecule has 2 aromatic rings. The van der Waals surface area contributed by atoms with Gasteiger partial charge in [0.05, 0.1) is 16.3 Å². The zero-order valence-corrected chi connectivity index (χ0v) is 18.3. The Morgan fingerprint density at radius 1 is 1.34 bits per heavy atom. The maximum absolute atomic E-state index is 13.2. The third-order valence-electron chi connectivity index (χ3n) is 5.33. The monoisotopic (exact) mass is 421 g/mol. The number of carbonyl (C=O) groups is 1. The number of carbonyl (C=O) groups excluding carboxylic acids is 1. The summed E-state index contributed by atoms with van der Waals surface area (Å²) in [6.45, 7) is 8.29. The summed E-state index contributed by atoms with van der Waals surface area (Å²) < 4.78 is 29.6. The van der Waals surface area contributed by atoms with Gasteiger partial charge in [-0.2, -0.15) is 4.31 Å². The van der Waals surface area contributed by atoms with Gasteiger partial charge in [0.2, 0.25) is 15.9 Å². The number of nitrogens with zero attached hydrogens (tertiary/aromatic N) is 4. The third-order valence-corrected chi connectivity index (χ3v) is 7.20. The highest BCUT2D eigenvalue weighted by Gasteiger charge is 2.33. The van der Waals surface area contributed by atoms with Crippen molar-refractivity contribution in [2.24, 2.45) is 11.8 Å². The first-order valence-electron chi connectivity index (χ1n) is 10.4. The lowest BCUT2D eigenvalue weighted by molar-refractivity contribution is -0.126. The molecule has 3 rings (SSSR count). The van der Waals surface area contributed by atoms with Gasteiger partial charge in [0.1, 0.15) is 5.52 Å². The second-order valence-corrected chi connectivity index (χ2v) is 10.1. The standard InChI is InChI=1S/C20H31N5O3S/c1-4-11-25-19-8-7-17(13-18(19)22-23-25)29(27,28)24-12-5-6-16(14-24)20(26)21-10-9-15(2)3/h7-8,13,15-16H,4-6,9-12,14H2,1-3H3,(H,21,26)/t16-/m1/s1. The lowest BCUT2D eigenvalue weighted by atomic mass is 9.98. The molecule has 9 heteroatoms. The molecule has 0 unspecified atom stereocenters. The Bertz CT molecular complexity index is 954. The molecule has 1 aliphatic heterocycles. The van der Waals surface area contributed by atoms with Crippen LogP contribution in [0.4, 0.5) is 0 Å². The lowest BCUT2D eigenvalue weighted by Crippen LogP contribution is -2.45. The molecule has 0 saturated carbocycles. The second-order valence-electron chi connectivity index (χ2n) is 8.14. The number of hydrogen-bond donors (Lipinski definition) is 1. The van der Waals surface area contributed by atoms with Gasteiger partial charge >= 0.3 is 0 Å². The summed E-state index contributed by atoms with van der Waals surface area (Å²) in [6.07, 6.45) is 3.23. The van der Waals surface area contributed by atoms with Crippen molar-refractivity contribution in [3.05, 3.63) is 18.2 Å². The zero-order valence-electron chi connectivity index (χ0n) is 17.5. The number of piperidine rings is 1. The van der Waals surface area contributed by atoms with Crippen LogP contribution in [0, 0.1) is 11.8 Å². The van der Waals surface area contributed by atoms with Crippen LogP contribution in [0.5, 0.6) is 0 Å². The minimum atomic E-state index is -3.68. The normalized spacial score (nSPS) is 18.4. The van der Waals surface area contributed by atoms with Crippen LogP contribution in [0.2, 0.25) is 0 Å². The number of fused-ring (bicyclic) bond motifs is 1. The van der Waals surface area contributed by atoms with Crippen molar-refractivity contribution >= 4 is 27.0 Å². The SMILES string of the molecule is CCCn1nnc2cc(S(=O)(=O)N3CCC[C@@H](C(=O)NCCC(C)C)C3)ccc21. The highest BCUT2D eigenvalue weighted by molar-refractivity contribution is 7.89. The molecule has 1 aromatic carbocycles. The van der Waals surface area contributed by atoms with E-state index in [-0.39, 0.29) is 23.3 Å². The fraction of sp³-hybridized carbons (Fsp3) is 0.650. The van der Waals surface area contributed by atoms with E-state index in [1.165, 1.54) is 4.31 Å². The molecule has 2 heterocycles. The average Bonchev–Trinajstić information content (AvgIpc) is 3.10. The first kappa shape index (κ1) is 21.7. The summed E-state index contributed by atoms with van der Waals surface area (Å²) in [5.74, 6) is 0.159. The van der Waals surface area contributed by atoms with Crippen LogP contribution in [0.3, 0.4) is 0 Å². The van der Waals surface area contributed by atoms with Gasteiger partial charge in [0.25, 0.3) is 0 Å². The molecule has 0 spiro atoms. The maximum Gasteiger partial charge on any atom is 0.243 e. The molecule has 0 aliphatic carbocycles. The van der Waals surface area contributed by atoms with Crippen molar-refractivity contribution < 1.29 is 13.2 Å². The fourth-order valence-corrected chi connectivity index (χ4v) is 5.19. The summed E-state index contributed by atoms with van der Waals surface area (Å²) in [4.78, 5) is 12.7. The summed E-state index contributed by atoms with van der Waals surface area (Å²) in [6, 6.07) is 4.95. The zero-order chi connectivity index (χ0) is 21.0. The topological polar surface area (TPSA) is 97.2 Å². The van der Waals surface area contributed by atoms with Crippen LogP contribution in [-0.4, -0.2) is 53.3 Å². The van der Waals surface area contributed by atoms with Gasteiger partial charge in [0, 0.05) is 26.2 Å². The van der Waals surface area contributed by atoms with Crippen molar-refractivity contribution in [3.63, 3.8) is 0 Å². The Kier molecular flexibility index (Phi) is 6.89. The van der Waals surface area contributed by atoms with E-state index in [9.17, 15) is 13.2 Å². The molecule has 1 saturated heterocycles. The van der Waals surface area contributed by atoms with Gasteiger partial charge in [-0.1, -0.05) is 26.0 Å². The van der Waals surface area contributed by atoms with Gasteiger partial charge < -0.3 is 5.32 Å². The molecule has 1 atom stereocenters. The second kappa shape index (κ2) is 9.21. The number of aromatic nitrogens is 3. The van der Waals surface area contributed by atoms with Crippen LogP contribution in [0.1, 0.15) is 46.5 Å². The molecule has 0 radical (unpaired) electrons. The van der Waals surface area contributed by atoms with Crippen LogP contribution in [0.15, 0.2) is 23.1 Å². The van der Waals surface area contributed by atoms with Crippen molar-refractivity contribution in [2.45, 2.75) is 57.9 Å². The minimum absolute atomic E-state index is 0.0523. The summed E-state index contributed by atoms with van der Waals surface area (Å²) in [5, 5.41) is 11.2. The Hall–Kier alpha value is -2.00. The van der Waals surface area contributed by atoms with E-state index in [4.69, 9.17) is 0 Å². The van der Waals surface area contributed by atoms with E-state index in [2.05, 4.69) is 36.4 Å². The lowest BCUT2D eigenvalue weighted by Gasteiger charge is -2.31. The molecule has 29 heavy (non-hydrogen) atoms. The molecule has 1 amide bonds. The molecule has 1 aliphatic rings. The van der Waals surface area contributed by atoms with E-state index in [1.807, 2.05) is 0 Å². The molecular formula is C20H31N5O3S. The van der Waals surface area contributed by atoms with E-state index in [1.54, 1.807) is 22.9 Å². The molecule has 160 valence electrons. The van der Waals surface area contributed by atoms with Crippen molar-refractivity contribution in [1.82, 2.24) is 24.6 Å². The van der Waals surface area contributed by atoms with Crippen LogP contribution >= 0.6 is 0 Å². The number of amides is 1. The summed E-state index contributed by atoms with van der Waals surface area (Å²) >= 11 is 0. The molecule has 0 bridgehead atoms. The summed E-state index contributed by atoms with van der Waals surface area (Å²) in [7, 11) is -3.68. The van der Waals surface area contributed by atoms with Crippen molar-refractivity contribution in [1.29, 1.82) is 0 Å². The Morgan fingerprint density at radius 3 is 2.86 bits per heavy atom. The predicted octanol–water partition coefficient (Wildman–Crippen LogP) is 2.40. The van der Waals surface area contributed by atoms with Gasteiger partial charge in [-0.05, 0) is 49.8 Å². The molecule has 1 aromatic heterocycles. The smallest absolute Gasteiger partial charge is 0.243 e. The highest BCUT2D eigenvalue weighted by atomic mass is 32.2. The van der Waals surface area contributed by atoms with Gasteiger partial charge in [-0.15, -0.1) is 5.10 Å². The van der Waals surface area contributed by atoms with Gasteiger partial charge in [-0.3, -0.25) is 4.79 Å². The number of rotatable bonds is 8. The van der Waals surface area contributed by atoms with Crippen molar-refractivity contribution in [3.8, 4) is 0 Å². The fourth-order valence-electron chi connectivity index (χ4n) is 3.64. The number of hydrogen-bond acceptors (Lipinski definition) is 5. The largest absolute Gasteiger partial charge is 0.356 e. The predicted molar refractivity (Wildman–Crippen MR) is 112 cm³/mol. The molecule has 1 fully saturated rings. The first-order valence-corrected chi connectivity index (χ1v) is 11.9. The Labute approximate surface area is 172 Å². The average molecular weight is 422 g/mol. The van der Waals surface area contributed by atoms with E-state index < -0.39 is 10.0 Å². The minimum Gasteiger partial charge on any atom is -0.356 e. The highest BCUT2D eigenvalue weighted by Crippen LogP contribution is 2.26. The maximum atomic E-state index is 13.2. The van der Waals surface area contributed by atoms with E-state index in [0.717, 1.165) is 24.9 Å². The Balaban J connectivity index is 1.73. The molecule has 8 nitrogen and oxygen atoms in total. The van der Waals surface area contributed by atoms with Crippen molar-refractivity contribution in [2.75, 3.05) is 19.6 Å². The van der Waals surface area contributed by atoms with Crippen LogP contribution in [-0.2, 0) is 21.4 Å². The van der Waals surface area contributed by atoms with Crippen LogP contribution < -0.4 is 5.32 Å². The molecular weight excluding hydrogens is 390 g/mol. The number of sulfonamides is 1. The Morgan fingerprint density at radius 2 is 2.14 bits per heavy atom. The van der Waals surface area contributed by atoms with E-state index >= 15 is 0 Å². The molecule has 1 N–H and O–H groups in total. The number of benzene rings is 1. The quantitative estimate of drug-likeness (QED) is 0.706.